The van der Waals surface area contributed by atoms with Gasteiger partial charge in [-0.15, -0.1) is 0 Å². The molecule has 0 bridgehead atoms. The van der Waals surface area contributed by atoms with Gasteiger partial charge >= 0.3 is 0 Å². The number of benzene rings is 1. The van der Waals surface area contributed by atoms with E-state index in [0.29, 0.717) is 10.0 Å². The fourth-order valence-electron chi connectivity index (χ4n) is 2.62. The number of pyridine rings is 1. The number of nitrogen functional groups attached to an aromatic ring is 1. The average molecular weight is 282 g/mol. The van der Waals surface area contributed by atoms with Gasteiger partial charge < -0.3 is 5.43 Å². The van der Waals surface area contributed by atoms with Crippen molar-refractivity contribution < 1.29 is 0 Å². The summed E-state index contributed by atoms with van der Waals surface area (Å²) in [7, 11) is 0. The minimum atomic E-state index is 0.610. The SMILES string of the molecule is NNc1c2c(nc3c(Cl)ccc(Cl)c13)CCCC2. The Bertz CT molecular complexity index is 625. The van der Waals surface area contributed by atoms with Crippen molar-refractivity contribution in [2.24, 2.45) is 5.84 Å². The van der Waals surface area contributed by atoms with Gasteiger partial charge in [-0.05, 0) is 43.4 Å². The van der Waals surface area contributed by atoms with Gasteiger partial charge in [-0.3, -0.25) is 10.8 Å². The largest absolute Gasteiger partial charge is 0.323 e. The molecule has 0 aliphatic heterocycles. The fraction of sp³-hybridized carbons (Fsp3) is 0.308. The van der Waals surface area contributed by atoms with Crippen LogP contribution >= 0.6 is 23.2 Å². The maximum atomic E-state index is 6.26. The van der Waals surface area contributed by atoms with Crippen molar-refractivity contribution in [1.29, 1.82) is 0 Å². The zero-order chi connectivity index (χ0) is 12.7. The van der Waals surface area contributed by atoms with Crippen LogP contribution in [0.2, 0.25) is 10.0 Å². The summed E-state index contributed by atoms with van der Waals surface area (Å²) >= 11 is 12.5. The second-order valence-electron chi connectivity index (χ2n) is 4.52. The van der Waals surface area contributed by atoms with E-state index in [9.17, 15) is 0 Å². The molecule has 1 aliphatic carbocycles. The van der Waals surface area contributed by atoms with Crippen LogP contribution in [0.4, 0.5) is 5.69 Å². The highest BCUT2D eigenvalue weighted by molar-refractivity contribution is 6.40. The molecule has 2 aromatic rings. The molecule has 94 valence electrons. The Balaban J connectivity index is 2.44. The molecule has 5 heteroatoms. The first-order chi connectivity index (χ1) is 8.72. The molecule has 3 nitrogen and oxygen atoms in total. The molecule has 0 atom stereocenters. The quantitative estimate of drug-likeness (QED) is 0.619. The van der Waals surface area contributed by atoms with Crippen LogP contribution in [0.25, 0.3) is 10.9 Å². The Morgan fingerprint density at radius 3 is 2.61 bits per heavy atom. The van der Waals surface area contributed by atoms with E-state index in [4.69, 9.17) is 29.0 Å². The minimum Gasteiger partial charge on any atom is -0.323 e. The molecule has 3 N–H and O–H groups in total. The summed E-state index contributed by atoms with van der Waals surface area (Å²) in [5, 5.41) is 2.06. The number of hydrogen-bond acceptors (Lipinski definition) is 3. The van der Waals surface area contributed by atoms with E-state index in [1.165, 1.54) is 5.56 Å². The zero-order valence-corrected chi connectivity index (χ0v) is 11.3. The second-order valence-corrected chi connectivity index (χ2v) is 5.33. The van der Waals surface area contributed by atoms with Gasteiger partial charge in [0.2, 0.25) is 0 Å². The lowest BCUT2D eigenvalue weighted by atomic mass is 9.93. The second kappa shape index (κ2) is 4.57. The van der Waals surface area contributed by atoms with Crippen molar-refractivity contribution in [3.05, 3.63) is 33.4 Å². The lowest BCUT2D eigenvalue weighted by Crippen LogP contribution is -2.15. The van der Waals surface area contributed by atoms with E-state index in [1.807, 2.05) is 0 Å². The van der Waals surface area contributed by atoms with Crippen molar-refractivity contribution in [2.45, 2.75) is 25.7 Å². The molecular formula is C13H13Cl2N3. The van der Waals surface area contributed by atoms with E-state index in [1.54, 1.807) is 12.1 Å². The van der Waals surface area contributed by atoms with Gasteiger partial charge in [0.15, 0.2) is 0 Å². The summed E-state index contributed by atoms with van der Waals surface area (Å²) in [6, 6.07) is 3.55. The maximum absolute atomic E-state index is 6.26. The van der Waals surface area contributed by atoms with Gasteiger partial charge in [-0.1, -0.05) is 23.2 Å². The van der Waals surface area contributed by atoms with E-state index in [2.05, 4.69) is 10.4 Å². The fourth-order valence-corrected chi connectivity index (χ4v) is 3.06. The Kier molecular flexibility index (Phi) is 3.06. The predicted octanol–water partition coefficient (Wildman–Crippen LogP) is 3.71. The molecule has 18 heavy (non-hydrogen) atoms. The Labute approximate surface area is 115 Å². The van der Waals surface area contributed by atoms with E-state index < -0.39 is 0 Å². The number of hydrazine groups is 1. The monoisotopic (exact) mass is 281 g/mol. The summed E-state index contributed by atoms with van der Waals surface area (Å²) < 4.78 is 0. The standard InChI is InChI=1S/C13H13Cl2N3/c14-8-5-6-9(15)13-11(8)12(18-16)7-3-1-2-4-10(7)17-13/h5-6H,1-4,16H2,(H,17,18). The van der Waals surface area contributed by atoms with Crippen molar-refractivity contribution in [3.8, 4) is 0 Å². The zero-order valence-electron chi connectivity index (χ0n) is 9.76. The number of fused-ring (bicyclic) bond motifs is 2. The number of halogens is 2. The molecule has 1 aromatic carbocycles. The van der Waals surface area contributed by atoms with Gasteiger partial charge in [0, 0.05) is 11.1 Å². The topological polar surface area (TPSA) is 50.9 Å². The molecule has 1 aliphatic rings. The first-order valence-corrected chi connectivity index (χ1v) is 6.74. The van der Waals surface area contributed by atoms with Gasteiger partial charge in [-0.25, -0.2) is 0 Å². The molecule has 0 fully saturated rings. The number of nitrogens with one attached hydrogen (secondary N) is 1. The van der Waals surface area contributed by atoms with Crippen LogP contribution in [-0.4, -0.2) is 4.98 Å². The lowest BCUT2D eigenvalue weighted by molar-refractivity contribution is 0.672. The highest BCUT2D eigenvalue weighted by atomic mass is 35.5. The van der Waals surface area contributed by atoms with Crippen LogP contribution in [0.15, 0.2) is 12.1 Å². The van der Waals surface area contributed by atoms with Crippen LogP contribution in [0.3, 0.4) is 0 Å². The molecule has 0 spiro atoms. The van der Waals surface area contributed by atoms with Crippen LogP contribution < -0.4 is 11.3 Å². The summed E-state index contributed by atoms with van der Waals surface area (Å²) in [5.74, 6) is 5.68. The number of hydrogen-bond donors (Lipinski definition) is 2. The summed E-state index contributed by atoms with van der Waals surface area (Å²) in [6.45, 7) is 0. The van der Waals surface area contributed by atoms with Crippen molar-refractivity contribution in [1.82, 2.24) is 4.98 Å². The molecular weight excluding hydrogens is 269 g/mol. The molecule has 0 radical (unpaired) electrons. The van der Waals surface area contributed by atoms with Gasteiger partial charge in [0.25, 0.3) is 0 Å². The molecule has 0 saturated carbocycles. The van der Waals surface area contributed by atoms with Crippen LogP contribution in [0, 0.1) is 0 Å². The van der Waals surface area contributed by atoms with Gasteiger partial charge in [0.05, 0.1) is 21.2 Å². The summed E-state index contributed by atoms with van der Waals surface area (Å²) in [6.07, 6.45) is 4.28. The van der Waals surface area contributed by atoms with E-state index in [0.717, 1.165) is 48.0 Å². The predicted molar refractivity (Wildman–Crippen MR) is 76.2 cm³/mol. The highest BCUT2D eigenvalue weighted by Crippen LogP contribution is 2.38. The van der Waals surface area contributed by atoms with Crippen molar-refractivity contribution in [2.75, 3.05) is 5.43 Å². The average Bonchev–Trinajstić information content (AvgIpc) is 2.41. The third-order valence-corrected chi connectivity index (χ3v) is 4.08. The van der Waals surface area contributed by atoms with Crippen molar-refractivity contribution >= 4 is 39.8 Å². The number of nitrogens with zero attached hydrogens (tertiary/aromatic N) is 1. The third kappa shape index (κ3) is 1.74. The summed E-state index contributed by atoms with van der Waals surface area (Å²) in [5.41, 5.74) is 6.66. The molecule has 1 heterocycles. The van der Waals surface area contributed by atoms with E-state index >= 15 is 0 Å². The number of aromatic nitrogens is 1. The summed E-state index contributed by atoms with van der Waals surface area (Å²) in [4.78, 5) is 4.67. The Morgan fingerprint density at radius 2 is 1.83 bits per heavy atom. The Morgan fingerprint density at radius 1 is 1.11 bits per heavy atom. The minimum absolute atomic E-state index is 0.610. The number of nitrogens with two attached hydrogens (primary N) is 1. The molecule has 1 aromatic heterocycles. The number of rotatable bonds is 1. The Hall–Kier alpha value is -1.03. The highest BCUT2D eigenvalue weighted by Gasteiger charge is 2.20. The number of aryl methyl sites for hydroxylation is 1. The van der Waals surface area contributed by atoms with E-state index in [-0.39, 0.29) is 0 Å². The van der Waals surface area contributed by atoms with Crippen LogP contribution in [-0.2, 0) is 12.8 Å². The molecule has 0 amide bonds. The van der Waals surface area contributed by atoms with Crippen LogP contribution in [0.5, 0.6) is 0 Å². The third-order valence-electron chi connectivity index (χ3n) is 3.46. The smallest absolute Gasteiger partial charge is 0.0927 e. The first kappa shape index (κ1) is 12.0. The number of anilines is 1. The van der Waals surface area contributed by atoms with Gasteiger partial charge in [-0.2, -0.15) is 0 Å². The van der Waals surface area contributed by atoms with Gasteiger partial charge in [0.1, 0.15) is 0 Å². The molecule has 0 unspecified atom stereocenters. The maximum Gasteiger partial charge on any atom is 0.0927 e. The molecule has 3 rings (SSSR count). The first-order valence-electron chi connectivity index (χ1n) is 5.98. The van der Waals surface area contributed by atoms with Crippen molar-refractivity contribution in [3.63, 3.8) is 0 Å². The normalized spacial score (nSPS) is 14.6. The molecule has 0 saturated heterocycles. The lowest BCUT2D eigenvalue weighted by Gasteiger charge is -2.21. The van der Waals surface area contributed by atoms with Crippen LogP contribution in [0.1, 0.15) is 24.1 Å².